The molecule has 1 aliphatic rings. The molecule has 0 saturated carbocycles. The molecule has 1 saturated heterocycles. The van der Waals surface area contributed by atoms with Gasteiger partial charge in [0.1, 0.15) is 5.82 Å². The summed E-state index contributed by atoms with van der Waals surface area (Å²) in [6.07, 6.45) is 4.86. The first kappa shape index (κ1) is 17.9. The number of fused-ring (bicyclic) bond motifs is 1. The van der Waals surface area contributed by atoms with Crippen molar-refractivity contribution in [3.63, 3.8) is 0 Å². The van der Waals surface area contributed by atoms with Crippen LogP contribution in [0.15, 0.2) is 35.1 Å². The monoisotopic (exact) mass is 365 g/mol. The van der Waals surface area contributed by atoms with Gasteiger partial charge in [-0.15, -0.1) is 0 Å². The van der Waals surface area contributed by atoms with Gasteiger partial charge in [0, 0.05) is 19.2 Å². The molecule has 1 atom stereocenters. The predicted octanol–water partition coefficient (Wildman–Crippen LogP) is 2.88. The summed E-state index contributed by atoms with van der Waals surface area (Å²) in [7, 11) is 0. The molecule has 6 heteroatoms. The predicted molar refractivity (Wildman–Crippen MR) is 106 cm³/mol. The second kappa shape index (κ2) is 7.64. The van der Waals surface area contributed by atoms with Crippen LogP contribution in [0.4, 0.5) is 0 Å². The zero-order valence-corrected chi connectivity index (χ0v) is 16.1. The van der Waals surface area contributed by atoms with Crippen LogP contribution in [0.5, 0.6) is 0 Å². The second-order valence-corrected chi connectivity index (χ2v) is 7.74. The second-order valence-electron chi connectivity index (χ2n) is 7.74. The molecule has 1 fully saturated rings. The fraction of sp³-hybridized carbons (Fsp3) is 0.476. The number of aryl methyl sites for hydroxylation is 3. The van der Waals surface area contributed by atoms with E-state index in [0.29, 0.717) is 17.5 Å². The molecule has 1 unspecified atom stereocenters. The lowest BCUT2D eigenvalue weighted by molar-refractivity contribution is 0.160. The molecular formula is C21H27N5O. The molecule has 4 rings (SSSR count). The number of hydrogen-bond acceptors (Lipinski definition) is 4. The maximum atomic E-state index is 12.2. The molecule has 2 aromatic heterocycles. The largest absolute Gasteiger partial charge is 0.297 e. The van der Waals surface area contributed by atoms with Gasteiger partial charge in [0.2, 0.25) is 0 Å². The fourth-order valence-corrected chi connectivity index (χ4v) is 4.12. The van der Waals surface area contributed by atoms with Crippen molar-refractivity contribution < 1.29 is 0 Å². The highest BCUT2D eigenvalue weighted by Gasteiger charge is 2.21. The van der Waals surface area contributed by atoms with Crippen molar-refractivity contribution in [2.24, 2.45) is 5.92 Å². The summed E-state index contributed by atoms with van der Waals surface area (Å²) in [6.45, 7) is 6.89. The molecule has 0 amide bonds. The van der Waals surface area contributed by atoms with Crippen molar-refractivity contribution in [3.8, 4) is 0 Å². The molecule has 27 heavy (non-hydrogen) atoms. The average molecular weight is 365 g/mol. The van der Waals surface area contributed by atoms with Crippen molar-refractivity contribution in [1.29, 1.82) is 0 Å². The first-order chi connectivity index (χ1) is 13.1. The number of aromatic amines is 1. The van der Waals surface area contributed by atoms with E-state index in [1.807, 2.05) is 6.92 Å². The van der Waals surface area contributed by atoms with Crippen LogP contribution in [0, 0.1) is 19.8 Å². The minimum absolute atomic E-state index is 0.0938. The maximum Gasteiger partial charge on any atom is 0.274 e. The number of H-pyrrole nitrogens is 1. The van der Waals surface area contributed by atoms with Crippen LogP contribution in [-0.4, -0.2) is 37.6 Å². The first-order valence-electron chi connectivity index (χ1n) is 9.80. The van der Waals surface area contributed by atoms with Crippen LogP contribution in [0.1, 0.15) is 41.9 Å². The average Bonchev–Trinajstić information content (AvgIpc) is 3.02. The van der Waals surface area contributed by atoms with E-state index >= 15 is 0 Å². The van der Waals surface area contributed by atoms with Crippen LogP contribution >= 0.6 is 0 Å². The van der Waals surface area contributed by atoms with Crippen LogP contribution in [-0.2, 0) is 13.0 Å². The normalized spacial score (nSPS) is 18.2. The van der Waals surface area contributed by atoms with Gasteiger partial charge < -0.3 is 0 Å². The molecular weight excluding hydrogens is 338 g/mol. The van der Waals surface area contributed by atoms with Gasteiger partial charge in [-0.05, 0) is 63.1 Å². The number of likely N-dealkylation sites (tertiary alicyclic amines) is 1. The molecule has 0 spiro atoms. The SMILES string of the molecule is Cc1nc2nc(CN3CCCC(CCc4ccccc4C)C3)cc(=O)n2[nH]1. The Balaban J connectivity index is 1.40. The zero-order chi connectivity index (χ0) is 18.8. The number of rotatable bonds is 5. The number of aromatic nitrogens is 4. The van der Waals surface area contributed by atoms with Gasteiger partial charge in [0.15, 0.2) is 0 Å². The molecule has 0 radical (unpaired) electrons. The van der Waals surface area contributed by atoms with Gasteiger partial charge in [-0.25, -0.2) is 4.98 Å². The van der Waals surface area contributed by atoms with Crippen LogP contribution < -0.4 is 5.56 Å². The van der Waals surface area contributed by atoms with Gasteiger partial charge >= 0.3 is 0 Å². The summed E-state index contributed by atoms with van der Waals surface area (Å²) < 4.78 is 1.40. The number of benzene rings is 1. The Morgan fingerprint density at radius 3 is 2.93 bits per heavy atom. The third-order valence-corrected chi connectivity index (χ3v) is 5.57. The smallest absolute Gasteiger partial charge is 0.274 e. The van der Waals surface area contributed by atoms with Crippen molar-refractivity contribution in [2.45, 2.75) is 46.1 Å². The Morgan fingerprint density at radius 2 is 2.07 bits per heavy atom. The number of nitrogens with one attached hydrogen (secondary N) is 1. The van der Waals surface area contributed by atoms with E-state index in [2.05, 4.69) is 51.2 Å². The Hall–Kier alpha value is -2.47. The van der Waals surface area contributed by atoms with E-state index in [-0.39, 0.29) is 5.56 Å². The minimum Gasteiger partial charge on any atom is -0.297 e. The van der Waals surface area contributed by atoms with Gasteiger partial charge in [0.25, 0.3) is 11.3 Å². The highest BCUT2D eigenvalue weighted by molar-refractivity contribution is 5.28. The van der Waals surface area contributed by atoms with Crippen molar-refractivity contribution >= 4 is 5.78 Å². The Bertz CT molecular complexity index is 990. The fourth-order valence-electron chi connectivity index (χ4n) is 4.12. The molecule has 6 nitrogen and oxygen atoms in total. The summed E-state index contributed by atoms with van der Waals surface area (Å²) in [5.74, 6) is 1.87. The number of piperidine rings is 1. The van der Waals surface area contributed by atoms with Crippen LogP contribution in [0.3, 0.4) is 0 Å². The van der Waals surface area contributed by atoms with Gasteiger partial charge in [0.05, 0.1) is 5.69 Å². The molecule has 0 aliphatic carbocycles. The third-order valence-electron chi connectivity index (χ3n) is 5.57. The number of nitrogens with zero attached hydrogens (tertiary/aromatic N) is 4. The topological polar surface area (TPSA) is 66.3 Å². The van der Waals surface area contributed by atoms with E-state index in [9.17, 15) is 4.79 Å². The van der Waals surface area contributed by atoms with Gasteiger partial charge in [-0.2, -0.15) is 9.50 Å². The van der Waals surface area contributed by atoms with E-state index in [1.54, 1.807) is 6.07 Å². The summed E-state index contributed by atoms with van der Waals surface area (Å²) in [5, 5.41) is 2.92. The lowest BCUT2D eigenvalue weighted by Crippen LogP contribution is -2.35. The molecule has 0 bridgehead atoms. The quantitative estimate of drug-likeness (QED) is 0.755. The third kappa shape index (κ3) is 4.11. The van der Waals surface area contributed by atoms with Crippen molar-refractivity contribution in [1.82, 2.24) is 24.5 Å². The van der Waals surface area contributed by atoms with Gasteiger partial charge in [-0.3, -0.25) is 14.8 Å². The van der Waals surface area contributed by atoms with Crippen LogP contribution in [0.2, 0.25) is 0 Å². The molecule has 1 aliphatic heterocycles. The summed E-state index contributed by atoms with van der Waals surface area (Å²) in [5.41, 5.74) is 3.57. The molecule has 3 aromatic rings. The highest BCUT2D eigenvalue weighted by Crippen LogP contribution is 2.23. The Labute approximate surface area is 159 Å². The molecule has 142 valence electrons. The van der Waals surface area contributed by atoms with Gasteiger partial charge in [-0.1, -0.05) is 24.3 Å². The Morgan fingerprint density at radius 1 is 1.22 bits per heavy atom. The zero-order valence-electron chi connectivity index (χ0n) is 16.1. The maximum absolute atomic E-state index is 12.2. The lowest BCUT2D eigenvalue weighted by Gasteiger charge is -2.32. The lowest BCUT2D eigenvalue weighted by atomic mass is 9.90. The highest BCUT2D eigenvalue weighted by atomic mass is 16.1. The standard InChI is InChI=1S/C21H27N5O/c1-15-6-3-4-8-18(15)10-9-17-7-5-11-25(13-17)14-19-12-20(27)26-21(23-19)22-16(2)24-26/h3-4,6,8,12,17H,5,7,9-11,13-14H2,1-2H3,(H,22,23,24). The molecule has 1 N–H and O–H groups in total. The molecule has 3 heterocycles. The Kier molecular flexibility index (Phi) is 5.07. The number of hydrogen-bond donors (Lipinski definition) is 1. The van der Waals surface area contributed by atoms with Crippen molar-refractivity contribution in [2.75, 3.05) is 13.1 Å². The van der Waals surface area contributed by atoms with E-state index in [1.165, 1.54) is 34.9 Å². The van der Waals surface area contributed by atoms with E-state index in [0.717, 1.165) is 31.7 Å². The molecule has 1 aromatic carbocycles. The van der Waals surface area contributed by atoms with E-state index < -0.39 is 0 Å². The van der Waals surface area contributed by atoms with E-state index in [4.69, 9.17) is 0 Å². The summed E-state index contributed by atoms with van der Waals surface area (Å²) in [6, 6.07) is 10.3. The summed E-state index contributed by atoms with van der Waals surface area (Å²) in [4.78, 5) is 23.5. The minimum atomic E-state index is -0.0938. The first-order valence-corrected chi connectivity index (χ1v) is 9.80. The summed E-state index contributed by atoms with van der Waals surface area (Å²) >= 11 is 0. The van der Waals surface area contributed by atoms with Crippen LogP contribution in [0.25, 0.3) is 5.78 Å². The van der Waals surface area contributed by atoms with Crippen molar-refractivity contribution in [3.05, 3.63) is 63.3 Å².